The van der Waals surface area contributed by atoms with Crippen molar-refractivity contribution in [3.05, 3.63) is 33.4 Å². The van der Waals surface area contributed by atoms with Crippen LogP contribution in [0.4, 0.5) is 5.69 Å². The third-order valence-corrected chi connectivity index (χ3v) is 4.41. The van der Waals surface area contributed by atoms with E-state index < -0.39 is 30.5 Å². The number of nitrogens with zero attached hydrogens (tertiary/aromatic N) is 1. The van der Waals surface area contributed by atoms with Crippen molar-refractivity contribution in [3.8, 4) is 0 Å². The van der Waals surface area contributed by atoms with E-state index in [0.717, 1.165) is 25.0 Å². The molecule has 2 rings (SSSR count). The van der Waals surface area contributed by atoms with Crippen LogP contribution in [-0.4, -0.2) is 25.3 Å². The first-order chi connectivity index (χ1) is 9.20. The minimum atomic E-state index is -4.17. The number of benzene rings is 1. The van der Waals surface area contributed by atoms with E-state index in [2.05, 4.69) is 5.32 Å². The van der Waals surface area contributed by atoms with Crippen LogP contribution in [0.3, 0.4) is 0 Å². The SMILES string of the molecule is Cc1c([N+](=O)[O-])cc(C(=O)NC2CC2)cc1S(=O)(=O)Cl. The molecule has 1 saturated carbocycles. The summed E-state index contributed by atoms with van der Waals surface area (Å²) in [6, 6.07) is 2.17. The molecular formula is C11H11ClN2O5S. The Morgan fingerprint density at radius 1 is 1.45 bits per heavy atom. The van der Waals surface area contributed by atoms with Gasteiger partial charge < -0.3 is 5.32 Å². The van der Waals surface area contributed by atoms with Crippen molar-refractivity contribution in [2.75, 3.05) is 0 Å². The lowest BCUT2D eigenvalue weighted by Gasteiger charge is -2.08. The summed E-state index contributed by atoms with van der Waals surface area (Å²) in [5.41, 5.74) is -0.630. The van der Waals surface area contributed by atoms with Crippen molar-refractivity contribution in [2.45, 2.75) is 30.7 Å². The van der Waals surface area contributed by atoms with Gasteiger partial charge in [0.25, 0.3) is 20.6 Å². The maximum absolute atomic E-state index is 11.9. The first-order valence-electron chi connectivity index (χ1n) is 5.74. The first kappa shape index (κ1) is 14.7. The monoisotopic (exact) mass is 318 g/mol. The van der Waals surface area contributed by atoms with Crippen molar-refractivity contribution >= 4 is 31.3 Å². The summed E-state index contributed by atoms with van der Waals surface area (Å²) in [6.45, 7) is 1.27. The van der Waals surface area contributed by atoms with Gasteiger partial charge in [-0.3, -0.25) is 14.9 Å². The van der Waals surface area contributed by atoms with Gasteiger partial charge in [-0.25, -0.2) is 8.42 Å². The number of carbonyl (C=O) groups excluding carboxylic acids is 1. The Hall–Kier alpha value is -1.67. The predicted octanol–water partition coefficient (Wildman–Crippen LogP) is 1.72. The molecule has 0 bridgehead atoms. The number of hydrogen-bond donors (Lipinski definition) is 1. The van der Waals surface area contributed by atoms with E-state index in [-0.39, 0.29) is 17.2 Å². The molecule has 0 aromatic heterocycles. The van der Waals surface area contributed by atoms with Gasteiger partial charge in [0.05, 0.1) is 9.82 Å². The van der Waals surface area contributed by atoms with Gasteiger partial charge in [0.2, 0.25) is 0 Å². The van der Waals surface area contributed by atoms with Gasteiger partial charge in [-0.05, 0) is 25.8 Å². The molecule has 1 fully saturated rings. The van der Waals surface area contributed by atoms with Crippen LogP contribution in [0.5, 0.6) is 0 Å². The summed E-state index contributed by atoms with van der Waals surface area (Å²) in [5, 5.41) is 13.6. The number of carbonyl (C=O) groups is 1. The number of rotatable bonds is 4. The molecule has 0 radical (unpaired) electrons. The lowest BCUT2D eigenvalue weighted by Crippen LogP contribution is -2.25. The maximum atomic E-state index is 11.9. The summed E-state index contributed by atoms with van der Waals surface area (Å²) >= 11 is 0. The van der Waals surface area contributed by atoms with Crippen LogP contribution in [0.25, 0.3) is 0 Å². The van der Waals surface area contributed by atoms with E-state index in [1.54, 1.807) is 0 Å². The zero-order valence-corrected chi connectivity index (χ0v) is 12.0. The Bertz CT molecular complexity index is 697. The summed E-state index contributed by atoms with van der Waals surface area (Å²) in [5.74, 6) is -0.544. The lowest BCUT2D eigenvalue weighted by molar-refractivity contribution is -0.385. The molecule has 108 valence electrons. The standard InChI is InChI=1S/C11H11ClN2O5S/c1-6-9(14(16)17)4-7(5-10(6)20(12,18)19)11(15)13-8-2-3-8/h4-5,8H,2-3H2,1H3,(H,13,15). The van der Waals surface area contributed by atoms with Gasteiger partial charge in [0, 0.05) is 33.9 Å². The average Bonchev–Trinajstić information content (AvgIpc) is 3.11. The second kappa shape index (κ2) is 5.02. The Morgan fingerprint density at radius 3 is 2.50 bits per heavy atom. The predicted molar refractivity (Wildman–Crippen MR) is 71.4 cm³/mol. The van der Waals surface area contributed by atoms with E-state index in [1.807, 2.05) is 0 Å². The summed E-state index contributed by atoms with van der Waals surface area (Å²) in [6.07, 6.45) is 1.70. The molecule has 0 saturated heterocycles. The minimum absolute atomic E-state index is 0.0546. The highest BCUT2D eigenvalue weighted by Gasteiger charge is 2.28. The molecule has 1 N–H and O–H groups in total. The summed E-state index contributed by atoms with van der Waals surface area (Å²) < 4.78 is 22.9. The van der Waals surface area contributed by atoms with Crippen LogP contribution in [0.2, 0.25) is 0 Å². The van der Waals surface area contributed by atoms with Crippen molar-refractivity contribution < 1.29 is 18.1 Å². The molecular weight excluding hydrogens is 308 g/mol. The lowest BCUT2D eigenvalue weighted by atomic mass is 10.1. The molecule has 7 nitrogen and oxygen atoms in total. The molecule has 1 aliphatic rings. The van der Waals surface area contributed by atoms with Gasteiger partial charge in [-0.1, -0.05) is 0 Å². The van der Waals surface area contributed by atoms with Gasteiger partial charge in [0.1, 0.15) is 0 Å². The maximum Gasteiger partial charge on any atom is 0.274 e. The summed E-state index contributed by atoms with van der Waals surface area (Å²) in [7, 11) is 1.08. The second-order valence-electron chi connectivity index (χ2n) is 4.56. The molecule has 1 aliphatic carbocycles. The second-order valence-corrected chi connectivity index (χ2v) is 7.10. The Kier molecular flexibility index (Phi) is 3.70. The molecule has 0 heterocycles. The van der Waals surface area contributed by atoms with Gasteiger partial charge in [-0.2, -0.15) is 0 Å². The number of nitro benzene ring substituents is 1. The molecule has 1 aromatic carbocycles. The van der Waals surface area contributed by atoms with Gasteiger partial charge >= 0.3 is 0 Å². The summed E-state index contributed by atoms with van der Waals surface area (Å²) in [4.78, 5) is 21.7. The van der Waals surface area contributed by atoms with E-state index >= 15 is 0 Å². The smallest absolute Gasteiger partial charge is 0.274 e. The molecule has 9 heteroatoms. The molecule has 0 spiro atoms. The zero-order valence-electron chi connectivity index (χ0n) is 10.4. The van der Waals surface area contributed by atoms with Crippen LogP contribution >= 0.6 is 10.7 Å². The van der Waals surface area contributed by atoms with Crippen LogP contribution in [0.15, 0.2) is 17.0 Å². The fourth-order valence-corrected chi connectivity index (χ4v) is 2.96. The van der Waals surface area contributed by atoms with Gasteiger partial charge in [-0.15, -0.1) is 0 Å². The van der Waals surface area contributed by atoms with Crippen LogP contribution in [0, 0.1) is 17.0 Å². The van der Waals surface area contributed by atoms with Crippen LogP contribution in [0.1, 0.15) is 28.8 Å². The normalized spacial score (nSPS) is 14.9. The molecule has 0 aliphatic heterocycles. The number of hydrogen-bond acceptors (Lipinski definition) is 5. The van der Waals surface area contributed by atoms with E-state index in [4.69, 9.17) is 10.7 Å². The fourth-order valence-electron chi connectivity index (χ4n) is 1.74. The van der Waals surface area contributed by atoms with E-state index in [1.165, 1.54) is 6.92 Å². The van der Waals surface area contributed by atoms with E-state index in [0.29, 0.717) is 0 Å². The van der Waals surface area contributed by atoms with E-state index in [9.17, 15) is 23.3 Å². The highest BCUT2D eigenvalue weighted by molar-refractivity contribution is 8.13. The van der Waals surface area contributed by atoms with Gasteiger partial charge in [0.15, 0.2) is 0 Å². The first-order valence-corrected chi connectivity index (χ1v) is 8.05. The largest absolute Gasteiger partial charge is 0.349 e. The zero-order chi connectivity index (χ0) is 15.1. The van der Waals surface area contributed by atoms with Crippen LogP contribution < -0.4 is 5.32 Å². The number of nitro groups is 1. The van der Waals surface area contributed by atoms with Crippen molar-refractivity contribution in [1.29, 1.82) is 0 Å². The Morgan fingerprint density at radius 2 is 2.05 bits per heavy atom. The highest BCUT2D eigenvalue weighted by atomic mass is 35.7. The highest BCUT2D eigenvalue weighted by Crippen LogP contribution is 2.30. The third-order valence-electron chi connectivity index (χ3n) is 2.97. The van der Waals surface area contributed by atoms with Crippen molar-refractivity contribution in [1.82, 2.24) is 5.32 Å². The quantitative estimate of drug-likeness (QED) is 0.517. The molecule has 1 aromatic rings. The average molecular weight is 319 g/mol. The molecule has 1 amide bonds. The minimum Gasteiger partial charge on any atom is -0.349 e. The number of halogens is 1. The van der Waals surface area contributed by atoms with Crippen molar-refractivity contribution in [2.24, 2.45) is 0 Å². The molecule has 20 heavy (non-hydrogen) atoms. The Balaban J connectivity index is 2.55. The number of amides is 1. The molecule has 0 atom stereocenters. The number of nitrogens with one attached hydrogen (secondary N) is 1. The van der Waals surface area contributed by atoms with Crippen LogP contribution in [-0.2, 0) is 9.05 Å². The topological polar surface area (TPSA) is 106 Å². The molecule has 0 unspecified atom stereocenters. The van der Waals surface area contributed by atoms with Crippen molar-refractivity contribution in [3.63, 3.8) is 0 Å². The third kappa shape index (κ3) is 3.07. The fraction of sp³-hybridized carbons (Fsp3) is 0.364. The Labute approximate surface area is 119 Å².